The van der Waals surface area contributed by atoms with E-state index in [-0.39, 0.29) is 4.90 Å². The Kier molecular flexibility index (Phi) is 4.97. The molecule has 126 valence electrons. The Morgan fingerprint density at radius 3 is 2.67 bits per heavy atom. The monoisotopic (exact) mass is 474 g/mol. The van der Waals surface area contributed by atoms with Gasteiger partial charge >= 0.3 is 0 Å². The highest BCUT2D eigenvalue weighted by atomic mass is 127. The van der Waals surface area contributed by atoms with Crippen LogP contribution >= 0.6 is 30.4 Å². The Morgan fingerprint density at radius 2 is 2.04 bits per heavy atom. The van der Waals surface area contributed by atoms with Crippen LogP contribution in [0, 0.1) is 18.3 Å². The van der Waals surface area contributed by atoms with Crippen molar-refractivity contribution >= 4 is 40.4 Å². The molecule has 0 aliphatic heterocycles. The standard InChI is InChI=1S/C16H15IN2O3S2/c1-12-4-6-13(7-5-12)24(20,21)19-10-8-14-15(19)3-2-9-16(14,11-18)22-23-17/h4-8,10H,2-3,9H2,1H3. The van der Waals surface area contributed by atoms with E-state index in [1.165, 1.54) is 10.2 Å². The minimum absolute atomic E-state index is 0.240. The van der Waals surface area contributed by atoms with E-state index >= 15 is 0 Å². The van der Waals surface area contributed by atoms with Gasteiger partial charge < -0.3 is 0 Å². The van der Waals surface area contributed by atoms with E-state index in [0.717, 1.165) is 14.8 Å². The van der Waals surface area contributed by atoms with Crippen LogP contribution in [0.5, 0.6) is 0 Å². The van der Waals surface area contributed by atoms with Gasteiger partial charge in [0, 0.05) is 38.7 Å². The van der Waals surface area contributed by atoms with Crippen molar-refractivity contribution in [3.05, 3.63) is 53.3 Å². The van der Waals surface area contributed by atoms with Gasteiger partial charge in [-0.2, -0.15) is 5.26 Å². The minimum atomic E-state index is -3.68. The molecule has 1 heterocycles. The maximum absolute atomic E-state index is 13.0. The summed E-state index contributed by atoms with van der Waals surface area (Å²) >= 11 is 1.98. The number of aryl methyl sites for hydroxylation is 1. The summed E-state index contributed by atoms with van der Waals surface area (Å²) in [5, 5.41) is 9.63. The van der Waals surface area contributed by atoms with E-state index < -0.39 is 15.6 Å². The number of benzene rings is 1. The molecule has 24 heavy (non-hydrogen) atoms. The molecule has 0 spiro atoms. The van der Waals surface area contributed by atoms with Crippen molar-refractivity contribution in [2.45, 2.75) is 36.7 Å². The average molecular weight is 474 g/mol. The summed E-state index contributed by atoms with van der Waals surface area (Å²) in [7, 11) is -2.59. The number of aromatic nitrogens is 1. The zero-order valence-electron chi connectivity index (χ0n) is 12.9. The first-order chi connectivity index (χ1) is 11.4. The molecule has 1 aliphatic rings. The number of fused-ring (bicyclic) bond motifs is 1. The lowest BCUT2D eigenvalue weighted by Gasteiger charge is -2.30. The number of hydrogen-bond donors (Lipinski definition) is 0. The summed E-state index contributed by atoms with van der Waals surface area (Å²) in [6, 6.07) is 10.7. The molecule has 1 aromatic heterocycles. The third-order valence-electron chi connectivity index (χ3n) is 4.26. The highest BCUT2D eigenvalue weighted by Crippen LogP contribution is 2.43. The van der Waals surface area contributed by atoms with Crippen molar-refractivity contribution in [3.63, 3.8) is 0 Å². The minimum Gasteiger partial charge on any atom is -0.278 e. The van der Waals surface area contributed by atoms with E-state index in [1.807, 2.05) is 28.1 Å². The maximum atomic E-state index is 13.0. The Bertz CT molecular complexity index is 900. The highest BCUT2D eigenvalue weighted by molar-refractivity contribution is 14.2. The molecule has 1 atom stereocenters. The van der Waals surface area contributed by atoms with Crippen LogP contribution in [0.15, 0.2) is 41.4 Å². The van der Waals surface area contributed by atoms with Crippen molar-refractivity contribution in [1.82, 2.24) is 3.97 Å². The first-order valence-corrected chi connectivity index (χ1v) is 12.1. The van der Waals surface area contributed by atoms with Crippen molar-refractivity contribution in [3.8, 4) is 6.07 Å². The zero-order valence-corrected chi connectivity index (χ0v) is 16.7. The van der Waals surface area contributed by atoms with Crippen molar-refractivity contribution in [2.24, 2.45) is 0 Å². The van der Waals surface area contributed by atoms with Crippen LogP contribution in [0.3, 0.4) is 0 Å². The molecule has 0 saturated heterocycles. The lowest BCUT2D eigenvalue weighted by molar-refractivity contribution is 0.140. The van der Waals surface area contributed by atoms with Gasteiger partial charge in [0.15, 0.2) is 5.60 Å². The van der Waals surface area contributed by atoms with E-state index in [1.54, 1.807) is 30.3 Å². The van der Waals surface area contributed by atoms with Crippen LogP contribution in [0.2, 0.25) is 0 Å². The fraction of sp³-hybridized carbons (Fsp3) is 0.312. The fourth-order valence-electron chi connectivity index (χ4n) is 3.02. The number of nitriles is 1. The number of halogens is 1. The van der Waals surface area contributed by atoms with Gasteiger partial charge in [0.2, 0.25) is 0 Å². The van der Waals surface area contributed by atoms with Crippen LogP contribution in [-0.4, -0.2) is 12.4 Å². The van der Waals surface area contributed by atoms with Gasteiger partial charge in [-0.25, -0.2) is 12.4 Å². The van der Waals surface area contributed by atoms with Gasteiger partial charge in [-0.15, -0.1) is 0 Å². The van der Waals surface area contributed by atoms with Gasteiger partial charge in [0.1, 0.15) is 6.07 Å². The average Bonchev–Trinajstić information content (AvgIpc) is 3.01. The molecule has 2 aromatic rings. The molecule has 1 unspecified atom stereocenters. The third-order valence-corrected chi connectivity index (χ3v) is 6.88. The van der Waals surface area contributed by atoms with Gasteiger partial charge in [-0.3, -0.25) is 4.18 Å². The first kappa shape index (κ1) is 17.8. The van der Waals surface area contributed by atoms with E-state index in [4.69, 9.17) is 4.18 Å². The van der Waals surface area contributed by atoms with E-state index in [2.05, 4.69) is 6.07 Å². The first-order valence-electron chi connectivity index (χ1n) is 7.35. The molecule has 0 N–H and O–H groups in total. The summed E-state index contributed by atoms with van der Waals surface area (Å²) < 4.78 is 32.9. The summed E-state index contributed by atoms with van der Waals surface area (Å²) in [4.78, 5) is 0.240. The Labute approximate surface area is 157 Å². The lowest BCUT2D eigenvalue weighted by atomic mass is 9.84. The summed E-state index contributed by atoms with van der Waals surface area (Å²) in [5.74, 6) is 0. The predicted octanol–water partition coefficient (Wildman–Crippen LogP) is 4.10. The quantitative estimate of drug-likeness (QED) is 0.493. The van der Waals surface area contributed by atoms with Gasteiger partial charge in [-0.1, -0.05) is 17.7 Å². The molecule has 0 radical (unpaired) electrons. The van der Waals surface area contributed by atoms with Crippen LogP contribution in [-0.2, 0) is 26.2 Å². The number of hydrogen-bond acceptors (Lipinski definition) is 5. The Morgan fingerprint density at radius 1 is 1.33 bits per heavy atom. The van der Waals surface area contributed by atoms with Crippen molar-refractivity contribution < 1.29 is 12.6 Å². The van der Waals surface area contributed by atoms with Crippen LogP contribution in [0.25, 0.3) is 0 Å². The molecule has 8 heteroatoms. The van der Waals surface area contributed by atoms with Crippen LogP contribution < -0.4 is 0 Å². The van der Waals surface area contributed by atoms with Crippen molar-refractivity contribution in [1.29, 1.82) is 5.26 Å². The Balaban J connectivity index is 2.12. The largest absolute Gasteiger partial charge is 0.278 e. The van der Waals surface area contributed by atoms with Crippen LogP contribution in [0.1, 0.15) is 29.7 Å². The SMILES string of the molecule is Cc1ccc(S(=O)(=O)n2ccc3c2CCCC3(C#N)OSI)cc1. The van der Waals surface area contributed by atoms with E-state index in [0.29, 0.717) is 30.5 Å². The molecule has 0 saturated carbocycles. The molecule has 1 aliphatic carbocycles. The van der Waals surface area contributed by atoms with Gasteiger partial charge in [0.25, 0.3) is 10.0 Å². The second-order valence-electron chi connectivity index (χ2n) is 5.73. The predicted molar refractivity (Wildman–Crippen MR) is 101 cm³/mol. The molecule has 3 rings (SSSR count). The molecule has 0 bridgehead atoms. The molecule has 1 aromatic carbocycles. The topological polar surface area (TPSA) is 72.1 Å². The van der Waals surface area contributed by atoms with Gasteiger partial charge in [0.05, 0.1) is 14.1 Å². The maximum Gasteiger partial charge on any atom is 0.267 e. The third kappa shape index (κ3) is 2.87. The molecular weight excluding hydrogens is 459 g/mol. The van der Waals surface area contributed by atoms with Crippen LogP contribution in [0.4, 0.5) is 0 Å². The van der Waals surface area contributed by atoms with Gasteiger partial charge in [-0.05, 0) is 44.4 Å². The second kappa shape index (κ2) is 6.71. The number of rotatable bonds is 4. The smallest absolute Gasteiger partial charge is 0.267 e. The number of nitrogens with zero attached hydrogens (tertiary/aromatic N) is 2. The summed E-state index contributed by atoms with van der Waals surface area (Å²) in [6.07, 6.45) is 3.39. The van der Waals surface area contributed by atoms with E-state index in [9.17, 15) is 13.7 Å². The second-order valence-corrected chi connectivity index (χ2v) is 8.92. The highest BCUT2D eigenvalue weighted by Gasteiger charge is 2.41. The summed E-state index contributed by atoms with van der Waals surface area (Å²) in [5.41, 5.74) is 1.19. The molecule has 0 fully saturated rings. The zero-order chi connectivity index (χ0) is 17.4. The molecular formula is C16H15IN2O3S2. The summed E-state index contributed by atoms with van der Waals surface area (Å²) in [6.45, 7) is 1.91. The Hall–Kier alpha value is -1.02. The molecule has 0 amide bonds. The van der Waals surface area contributed by atoms with Crippen molar-refractivity contribution in [2.75, 3.05) is 0 Å². The lowest BCUT2D eigenvalue weighted by Crippen LogP contribution is -2.31. The normalized spacial score (nSPS) is 20.4. The molecule has 5 nitrogen and oxygen atoms in total. The fourth-order valence-corrected chi connectivity index (χ4v) is 5.67.